The molecule has 1 aliphatic heterocycles. The highest BCUT2D eigenvalue weighted by atomic mass is 16.2. The second kappa shape index (κ2) is 6.15. The molecule has 1 saturated carbocycles. The van der Waals surface area contributed by atoms with E-state index in [0.29, 0.717) is 0 Å². The SMILES string of the molecule is CCC(C)C1NC(=O)CN(CC2(C)CCCCC2)C1=O. The molecule has 0 aromatic carbocycles. The number of nitrogens with one attached hydrogen (secondary N) is 1. The molecule has 20 heavy (non-hydrogen) atoms. The molecular weight excluding hydrogens is 252 g/mol. The Kier molecular flexibility index (Phi) is 4.71. The van der Waals surface area contributed by atoms with Crippen LogP contribution in [0.25, 0.3) is 0 Å². The van der Waals surface area contributed by atoms with Gasteiger partial charge in [-0.3, -0.25) is 9.59 Å². The summed E-state index contributed by atoms with van der Waals surface area (Å²) in [5.74, 6) is 0.313. The first kappa shape index (κ1) is 15.3. The number of rotatable bonds is 4. The number of amides is 2. The standard InChI is InChI=1S/C16H28N2O2/c1-4-12(2)14-15(20)18(10-13(19)17-14)11-16(3)8-6-5-7-9-16/h12,14H,4-11H2,1-3H3,(H,17,19). The van der Waals surface area contributed by atoms with Gasteiger partial charge in [-0.25, -0.2) is 0 Å². The van der Waals surface area contributed by atoms with E-state index in [1.165, 1.54) is 32.1 Å². The van der Waals surface area contributed by atoms with Crippen molar-refractivity contribution in [1.82, 2.24) is 10.2 Å². The van der Waals surface area contributed by atoms with E-state index in [2.05, 4.69) is 19.2 Å². The van der Waals surface area contributed by atoms with Crippen molar-refractivity contribution in [2.75, 3.05) is 13.1 Å². The van der Waals surface area contributed by atoms with Gasteiger partial charge >= 0.3 is 0 Å². The first-order valence-electron chi connectivity index (χ1n) is 8.03. The number of carbonyl (C=O) groups is 2. The molecule has 2 amide bonds. The van der Waals surface area contributed by atoms with E-state index < -0.39 is 0 Å². The first-order valence-corrected chi connectivity index (χ1v) is 8.03. The third kappa shape index (κ3) is 3.33. The summed E-state index contributed by atoms with van der Waals surface area (Å²) in [6.45, 7) is 7.35. The zero-order valence-electron chi connectivity index (χ0n) is 13.1. The van der Waals surface area contributed by atoms with Crippen LogP contribution in [0.5, 0.6) is 0 Å². The predicted octanol–water partition coefficient (Wildman–Crippen LogP) is 2.33. The fourth-order valence-corrected chi connectivity index (χ4v) is 3.51. The molecule has 2 aliphatic rings. The molecular formula is C16H28N2O2. The Labute approximate surface area is 122 Å². The van der Waals surface area contributed by atoms with E-state index in [1.54, 1.807) is 4.90 Å². The van der Waals surface area contributed by atoms with E-state index in [4.69, 9.17) is 0 Å². The fourth-order valence-electron chi connectivity index (χ4n) is 3.51. The van der Waals surface area contributed by atoms with Crippen molar-refractivity contribution < 1.29 is 9.59 Å². The Hall–Kier alpha value is -1.06. The van der Waals surface area contributed by atoms with E-state index in [9.17, 15) is 9.59 Å². The molecule has 2 atom stereocenters. The molecule has 2 fully saturated rings. The topological polar surface area (TPSA) is 49.4 Å². The Bertz CT molecular complexity index is 375. The quantitative estimate of drug-likeness (QED) is 0.859. The number of carbonyl (C=O) groups excluding carboxylic acids is 2. The van der Waals surface area contributed by atoms with Crippen LogP contribution < -0.4 is 5.32 Å². The van der Waals surface area contributed by atoms with Crippen LogP contribution in [0.15, 0.2) is 0 Å². The maximum absolute atomic E-state index is 12.6. The Balaban J connectivity index is 2.06. The Morgan fingerprint density at radius 2 is 1.95 bits per heavy atom. The van der Waals surface area contributed by atoms with Gasteiger partial charge in [0.05, 0.1) is 6.54 Å². The van der Waals surface area contributed by atoms with E-state index >= 15 is 0 Å². The average Bonchev–Trinajstić information content (AvgIpc) is 2.42. The molecule has 4 heteroatoms. The van der Waals surface area contributed by atoms with Crippen LogP contribution in [-0.4, -0.2) is 35.8 Å². The maximum atomic E-state index is 12.6. The zero-order chi connectivity index (χ0) is 14.8. The molecule has 0 aromatic rings. The summed E-state index contributed by atoms with van der Waals surface area (Å²) < 4.78 is 0. The summed E-state index contributed by atoms with van der Waals surface area (Å²) in [5.41, 5.74) is 0.200. The molecule has 2 unspecified atom stereocenters. The number of piperazine rings is 1. The van der Waals surface area contributed by atoms with Gasteiger partial charge in [0.1, 0.15) is 6.04 Å². The molecule has 1 aliphatic carbocycles. The van der Waals surface area contributed by atoms with Gasteiger partial charge in [-0.1, -0.05) is 46.5 Å². The lowest BCUT2D eigenvalue weighted by Gasteiger charge is -2.42. The summed E-state index contributed by atoms with van der Waals surface area (Å²) in [6, 6.07) is -0.326. The summed E-state index contributed by atoms with van der Waals surface area (Å²) in [6.07, 6.45) is 7.05. The van der Waals surface area contributed by atoms with E-state index in [1.807, 2.05) is 6.92 Å². The lowest BCUT2D eigenvalue weighted by Crippen LogP contribution is -2.61. The van der Waals surface area contributed by atoms with Gasteiger partial charge in [-0.05, 0) is 24.2 Å². The largest absolute Gasteiger partial charge is 0.342 e. The van der Waals surface area contributed by atoms with Crippen molar-refractivity contribution in [3.8, 4) is 0 Å². The number of hydrogen-bond acceptors (Lipinski definition) is 2. The van der Waals surface area contributed by atoms with E-state index in [-0.39, 0.29) is 35.7 Å². The van der Waals surface area contributed by atoms with Gasteiger partial charge in [0.15, 0.2) is 0 Å². The molecule has 1 N–H and O–H groups in total. The van der Waals surface area contributed by atoms with E-state index in [0.717, 1.165) is 13.0 Å². The van der Waals surface area contributed by atoms with Gasteiger partial charge in [0.2, 0.25) is 11.8 Å². The molecule has 0 aromatic heterocycles. The molecule has 0 radical (unpaired) electrons. The lowest BCUT2D eigenvalue weighted by atomic mass is 9.75. The molecule has 114 valence electrons. The van der Waals surface area contributed by atoms with Gasteiger partial charge < -0.3 is 10.2 Å². The minimum absolute atomic E-state index is 0.00527. The number of nitrogens with zero attached hydrogens (tertiary/aromatic N) is 1. The summed E-state index contributed by atoms with van der Waals surface area (Å²) in [4.78, 5) is 26.3. The van der Waals surface area contributed by atoms with Gasteiger partial charge in [0, 0.05) is 6.54 Å². The van der Waals surface area contributed by atoms with Crippen molar-refractivity contribution in [3.63, 3.8) is 0 Å². The van der Waals surface area contributed by atoms with Crippen LogP contribution in [0, 0.1) is 11.3 Å². The Morgan fingerprint density at radius 3 is 2.55 bits per heavy atom. The lowest BCUT2D eigenvalue weighted by molar-refractivity contribution is -0.147. The van der Waals surface area contributed by atoms with Crippen molar-refractivity contribution >= 4 is 11.8 Å². The third-order valence-corrected chi connectivity index (χ3v) is 5.07. The zero-order valence-corrected chi connectivity index (χ0v) is 13.1. The normalized spacial score (nSPS) is 28.1. The molecule has 0 spiro atoms. The molecule has 2 rings (SSSR count). The highest BCUT2D eigenvalue weighted by molar-refractivity contribution is 5.95. The van der Waals surface area contributed by atoms with Crippen LogP contribution in [0.1, 0.15) is 59.3 Å². The highest BCUT2D eigenvalue weighted by Crippen LogP contribution is 2.36. The Morgan fingerprint density at radius 1 is 1.30 bits per heavy atom. The highest BCUT2D eigenvalue weighted by Gasteiger charge is 2.39. The second-order valence-corrected chi connectivity index (χ2v) is 7.00. The van der Waals surface area contributed by atoms with Crippen molar-refractivity contribution in [2.45, 2.75) is 65.3 Å². The van der Waals surface area contributed by atoms with Gasteiger partial charge in [-0.15, -0.1) is 0 Å². The average molecular weight is 280 g/mol. The van der Waals surface area contributed by atoms with Crippen LogP contribution in [-0.2, 0) is 9.59 Å². The van der Waals surface area contributed by atoms with Crippen molar-refractivity contribution in [3.05, 3.63) is 0 Å². The number of hydrogen-bond donors (Lipinski definition) is 1. The minimum atomic E-state index is -0.326. The van der Waals surface area contributed by atoms with Crippen molar-refractivity contribution in [2.24, 2.45) is 11.3 Å². The summed E-state index contributed by atoms with van der Waals surface area (Å²) in [7, 11) is 0. The predicted molar refractivity (Wildman–Crippen MR) is 79.2 cm³/mol. The first-order chi connectivity index (χ1) is 9.45. The monoisotopic (exact) mass is 280 g/mol. The molecule has 1 heterocycles. The maximum Gasteiger partial charge on any atom is 0.245 e. The smallest absolute Gasteiger partial charge is 0.245 e. The fraction of sp³-hybridized carbons (Fsp3) is 0.875. The summed E-state index contributed by atoms with van der Waals surface area (Å²) >= 11 is 0. The van der Waals surface area contributed by atoms with Gasteiger partial charge in [-0.2, -0.15) is 0 Å². The molecule has 1 saturated heterocycles. The van der Waals surface area contributed by atoms with Gasteiger partial charge in [0.25, 0.3) is 0 Å². The third-order valence-electron chi connectivity index (χ3n) is 5.07. The van der Waals surface area contributed by atoms with Crippen LogP contribution >= 0.6 is 0 Å². The second-order valence-electron chi connectivity index (χ2n) is 7.00. The molecule has 4 nitrogen and oxygen atoms in total. The van der Waals surface area contributed by atoms with Crippen LogP contribution in [0.4, 0.5) is 0 Å². The van der Waals surface area contributed by atoms with Crippen molar-refractivity contribution in [1.29, 1.82) is 0 Å². The molecule has 0 bridgehead atoms. The summed E-state index contributed by atoms with van der Waals surface area (Å²) in [5, 5.41) is 2.87. The van der Waals surface area contributed by atoms with Crippen LogP contribution in [0.3, 0.4) is 0 Å². The minimum Gasteiger partial charge on any atom is -0.342 e. The van der Waals surface area contributed by atoms with Crippen LogP contribution in [0.2, 0.25) is 0 Å².